The molecule has 0 saturated heterocycles. The van der Waals surface area contributed by atoms with Crippen molar-refractivity contribution in [2.75, 3.05) is 0 Å². The molecular formula is C32H17N3O2. The Hall–Kier alpha value is -5.16. The predicted molar refractivity (Wildman–Crippen MR) is 147 cm³/mol. The number of aromatic nitrogens is 3. The normalized spacial score (nSPS) is 12.5. The number of ether oxygens (including phenoxy) is 1. The molecule has 1 aliphatic rings. The van der Waals surface area contributed by atoms with Crippen molar-refractivity contribution in [1.82, 2.24) is 14.5 Å². The minimum Gasteiger partial charge on any atom is -0.456 e. The molecule has 3 aromatic heterocycles. The van der Waals surface area contributed by atoms with E-state index in [2.05, 4.69) is 53.1 Å². The number of hydrogen-bond acceptors (Lipinski definition) is 4. The van der Waals surface area contributed by atoms with E-state index in [1.165, 1.54) is 0 Å². The third-order valence-corrected chi connectivity index (χ3v) is 7.41. The second kappa shape index (κ2) is 6.74. The molecule has 5 heteroatoms. The van der Waals surface area contributed by atoms with Crippen molar-refractivity contribution < 1.29 is 9.15 Å². The smallest absolute Gasteiger partial charge is 0.235 e. The van der Waals surface area contributed by atoms with Crippen LogP contribution in [-0.4, -0.2) is 14.5 Å². The fourth-order valence-corrected chi connectivity index (χ4v) is 5.79. The lowest BCUT2D eigenvalue weighted by Gasteiger charge is -2.20. The fourth-order valence-electron chi connectivity index (χ4n) is 5.79. The van der Waals surface area contributed by atoms with Gasteiger partial charge in [-0.15, -0.1) is 0 Å². The lowest BCUT2D eigenvalue weighted by Crippen LogP contribution is -2.06. The van der Waals surface area contributed by atoms with Crippen LogP contribution >= 0.6 is 0 Å². The molecule has 0 spiro atoms. The molecule has 0 bridgehead atoms. The summed E-state index contributed by atoms with van der Waals surface area (Å²) in [6.07, 6.45) is 0. The Morgan fingerprint density at radius 1 is 0.568 bits per heavy atom. The first-order valence-electron chi connectivity index (χ1n) is 12.3. The van der Waals surface area contributed by atoms with Gasteiger partial charge in [0.05, 0.1) is 27.6 Å². The third-order valence-electron chi connectivity index (χ3n) is 7.41. The molecule has 9 rings (SSSR count). The van der Waals surface area contributed by atoms with Gasteiger partial charge in [-0.2, -0.15) is 0 Å². The van der Waals surface area contributed by atoms with E-state index in [1.807, 2.05) is 54.6 Å². The largest absolute Gasteiger partial charge is 0.456 e. The summed E-state index contributed by atoms with van der Waals surface area (Å²) in [7, 11) is 0. The van der Waals surface area contributed by atoms with E-state index in [0.717, 1.165) is 77.4 Å². The van der Waals surface area contributed by atoms with Gasteiger partial charge < -0.3 is 9.15 Å². The second-order valence-electron chi connectivity index (χ2n) is 9.44. The molecule has 0 fully saturated rings. The van der Waals surface area contributed by atoms with E-state index in [9.17, 15) is 0 Å². The van der Waals surface area contributed by atoms with Crippen molar-refractivity contribution in [3.8, 4) is 28.7 Å². The number of nitrogens with zero attached hydrogens (tertiary/aromatic N) is 3. The van der Waals surface area contributed by atoms with Crippen molar-refractivity contribution in [3.05, 3.63) is 103 Å². The maximum Gasteiger partial charge on any atom is 0.235 e. The first kappa shape index (κ1) is 19.1. The van der Waals surface area contributed by atoms with Crippen LogP contribution < -0.4 is 4.74 Å². The lowest BCUT2D eigenvalue weighted by molar-refractivity contribution is 0.486. The molecule has 0 N–H and O–H groups in total. The molecule has 0 saturated carbocycles. The molecule has 0 atom stereocenters. The van der Waals surface area contributed by atoms with E-state index < -0.39 is 0 Å². The highest BCUT2D eigenvalue weighted by atomic mass is 16.5. The average molecular weight is 476 g/mol. The number of benzene rings is 5. The van der Waals surface area contributed by atoms with Crippen LogP contribution in [0.2, 0.25) is 0 Å². The standard InChI is InChI=1S/C32H17N3O2/c1-4-12-24-18(8-1)21-17-29-22(19-9-2-5-13-26(19)37-29)16-25(21)35(24)32-33-23-11-7-15-28-30(23)31(34-32)20-10-3-6-14-27(20)36-28/h1-17H. The predicted octanol–water partition coefficient (Wildman–Crippen LogP) is 8.40. The molecule has 1 aliphatic heterocycles. The maximum atomic E-state index is 6.22. The molecule has 0 aliphatic carbocycles. The van der Waals surface area contributed by atoms with Crippen LogP contribution in [0.4, 0.5) is 0 Å². The first-order valence-corrected chi connectivity index (χ1v) is 12.3. The van der Waals surface area contributed by atoms with E-state index in [0.29, 0.717) is 5.95 Å². The summed E-state index contributed by atoms with van der Waals surface area (Å²) in [4.78, 5) is 10.3. The van der Waals surface area contributed by atoms with Gasteiger partial charge in [0, 0.05) is 27.1 Å². The Kier molecular flexibility index (Phi) is 3.47. The van der Waals surface area contributed by atoms with E-state index in [4.69, 9.17) is 19.1 Å². The van der Waals surface area contributed by atoms with E-state index in [-0.39, 0.29) is 0 Å². The third kappa shape index (κ3) is 2.47. The van der Waals surface area contributed by atoms with Gasteiger partial charge >= 0.3 is 0 Å². The maximum absolute atomic E-state index is 6.22. The molecule has 5 nitrogen and oxygen atoms in total. The molecule has 4 heterocycles. The summed E-state index contributed by atoms with van der Waals surface area (Å²) in [5.41, 5.74) is 6.57. The van der Waals surface area contributed by atoms with Crippen LogP contribution in [0.3, 0.4) is 0 Å². The highest BCUT2D eigenvalue weighted by Crippen LogP contribution is 2.45. The Balaban J connectivity index is 1.44. The molecule has 0 unspecified atom stereocenters. The molecule has 0 radical (unpaired) electrons. The molecule has 37 heavy (non-hydrogen) atoms. The molecule has 8 aromatic rings. The zero-order valence-corrected chi connectivity index (χ0v) is 19.5. The zero-order chi connectivity index (χ0) is 24.1. The van der Waals surface area contributed by atoms with Crippen molar-refractivity contribution in [2.24, 2.45) is 0 Å². The van der Waals surface area contributed by atoms with Crippen LogP contribution in [0.25, 0.3) is 71.9 Å². The summed E-state index contributed by atoms with van der Waals surface area (Å²) in [6, 6.07) is 35.0. The van der Waals surface area contributed by atoms with Crippen molar-refractivity contribution in [3.63, 3.8) is 0 Å². The summed E-state index contributed by atoms with van der Waals surface area (Å²) < 4.78 is 14.6. The van der Waals surface area contributed by atoms with Crippen LogP contribution in [-0.2, 0) is 0 Å². The number of rotatable bonds is 1. The molecular weight excluding hydrogens is 458 g/mol. The van der Waals surface area contributed by atoms with Crippen LogP contribution in [0.1, 0.15) is 0 Å². The highest BCUT2D eigenvalue weighted by molar-refractivity contribution is 6.17. The van der Waals surface area contributed by atoms with Crippen molar-refractivity contribution >= 4 is 54.6 Å². The van der Waals surface area contributed by atoms with Crippen molar-refractivity contribution in [2.45, 2.75) is 0 Å². The molecule has 5 aromatic carbocycles. The van der Waals surface area contributed by atoms with Gasteiger partial charge in [0.25, 0.3) is 0 Å². The van der Waals surface area contributed by atoms with Gasteiger partial charge in [-0.25, -0.2) is 9.97 Å². The fraction of sp³-hybridized carbons (Fsp3) is 0. The molecule has 172 valence electrons. The Bertz CT molecular complexity index is 2240. The summed E-state index contributed by atoms with van der Waals surface area (Å²) in [6.45, 7) is 0. The number of hydrogen-bond donors (Lipinski definition) is 0. The van der Waals surface area contributed by atoms with Gasteiger partial charge in [-0.3, -0.25) is 4.57 Å². The SMILES string of the molecule is c1ccc2c(c1)Oc1cccc3nc(-n4c5ccccc5c5cc6oc7ccccc7c6cc54)nc-2c13. The second-order valence-corrected chi connectivity index (χ2v) is 9.44. The number of furan rings is 1. The first-order chi connectivity index (χ1) is 18.3. The number of para-hydroxylation sites is 3. The Labute approximate surface area is 210 Å². The van der Waals surface area contributed by atoms with Gasteiger partial charge in [0.15, 0.2) is 0 Å². The number of fused-ring (bicyclic) bond motifs is 8. The van der Waals surface area contributed by atoms with Crippen LogP contribution in [0.5, 0.6) is 11.5 Å². The monoisotopic (exact) mass is 475 g/mol. The zero-order valence-electron chi connectivity index (χ0n) is 19.5. The minimum atomic E-state index is 0.634. The topological polar surface area (TPSA) is 53.1 Å². The van der Waals surface area contributed by atoms with E-state index in [1.54, 1.807) is 0 Å². The van der Waals surface area contributed by atoms with E-state index >= 15 is 0 Å². The Morgan fingerprint density at radius 2 is 1.38 bits per heavy atom. The van der Waals surface area contributed by atoms with Gasteiger partial charge in [-0.1, -0.05) is 54.6 Å². The quantitative estimate of drug-likeness (QED) is 0.239. The van der Waals surface area contributed by atoms with Crippen molar-refractivity contribution in [1.29, 1.82) is 0 Å². The highest BCUT2D eigenvalue weighted by Gasteiger charge is 2.24. The summed E-state index contributed by atoms with van der Waals surface area (Å²) in [5, 5.41) is 5.36. The molecule has 0 amide bonds. The minimum absolute atomic E-state index is 0.634. The summed E-state index contributed by atoms with van der Waals surface area (Å²) >= 11 is 0. The summed E-state index contributed by atoms with van der Waals surface area (Å²) in [5.74, 6) is 2.22. The lowest BCUT2D eigenvalue weighted by atomic mass is 10.0. The Morgan fingerprint density at radius 3 is 2.35 bits per heavy atom. The van der Waals surface area contributed by atoms with Crippen LogP contribution in [0, 0.1) is 0 Å². The van der Waals surface area contributed by atoms with Gasteiger partial charge in [0.2, 0.25) is 5.95 Å². The van der Waals surface area contributed by atoms with Gasteiger partial charge in [0.1, 0.15) is 22.7 Å². The van der Waals surface area contributed by atoms with Gasteiger partial charge in [-0.05, 0) is 48.5 Å². The average Bonchev–Trinajstić information content (AvgIpc) is 3.47. The van der Waals surface area contributed by atoms with Crippen LogP contribution in [0.15, 0.2) is 108 Å².